The molecule has 0 aliphatic rings. The van der Waals surface area contributed by atoms with Crippen LogP contribution in [0.3, 0.4) is 0 Å². The van der Waals surface area contributed by atoms with Crippen LogP contribution < -0.4 is 5.32 Å². The van der Waals surface area contributed by atoms with Crippen molar-refractivity contribution in [3.05, 3.63) is 66.5 Å². The van der Waals surface area contributed by atoms with Crippen LogP contribution in [0.2, 0.25) is 0 Å². The summed E-state index contributed by atoms with van der Waals surface area (Å²) in [6.07, 6.45) is 5.30. The molecule has 2 N–H and O–H groups in total. The van der Waals surface area contributed by atoms with Gasteiger partial charge in [0.2, 0.25) is 0 Å². The van der Waals surface area contributed by atoms with E-state index in [1.165, 1.54) is 6.33 Å². The molecule has 1 unspecified atom stereocenters. The van der Waals surface area contributed by atoms with Crippen molar-refractivity contribution in [3.8, 4) is 5.69 Å². The Bertz CT molecular complexity index is 718. The second-order valence-corrected chi connectivity index (χ2v) is 4.71. The van der Waals surface area contributed by atoms with E-state index in [4.69, 9.17) is 0 Å². The first-order valence-corrected chi connectivity index (χ1v) is 6.63. The summed E-state index contributed by atoms with van der Waals surface area (Å²) in [6.45, 7) is 1.86. The van der Waals surface area contributed by atoms with Crippen molar-refractivity contribution in [2.75, 3.05) is 0 Å². The molecule has 3 aromatic rings. The van der Waals surface area contributed by atoms with Crippen LogP contribution in [0.15, 0.2) is 55.1 Å². The first-order valence-electron chi connectivity index (χ1n) is 6.63. The Morgan fingerprint density at radius 2 is 2.10 bits per heavy atom. The zero-order chi connectivity index (χ0) is 14.7. The molecule has 0 bridgehead atoms. The van der Waals surface area contributed by atoms with Crippen molar-refractivity contribution in [2.24, 2.45) is 0 Å². The average Bonchev–Trinajstić information content (AvgIpc) is 3.20. The Kier molecular flexibility index (Phi) is 3.51. The van der Waals surface area contributed by atoms with Crippen molar-refractivity contribution in [3.63, 3.8) is 0 Å². The molecule has 1 atom stereocenters. The van der Waals surface area contributed by atoms with Gasteiger partial charge >= 0.3 is 0 Å². The van der Waals surface area contributed by atoms with E-state index in [9.17, 15) is 4.79 Å². The van der Waals surface area contributed by atoms with Crippen LogP contribution in [0.4, 0.5) is 0 Å². The average molecular weight is 281 g/mol. The number of carbonyl (C=O) groups is 1. The highest BCUT2D eigenvalue weighted by atomic mass is 16.1. The Morgan fingerprint density at radius 3 is 2.81 bits per heavy atom. The van der Waals surface area contributed by atoms with Gasteiger partial charge in [-0.2, -0.15) is 5.10 Å². The van der Waals surface area contributed by atoms with E-state index in [1.807, 2.05) is 54.2 Å². The van der Waals surface area contributed by atoms with Crippen LogP contribution in [-0.2, 0) is 0 Å². The molecule has 0 fully saturated rings. The molecule has 0 aliphatic heterocycles. The number of aromatic nitrogens is 4. The quantitative estimate of drug-likeness (QED) is 0.769. The van der Waals surface area contributed by atoms with Crippen LogP contribution in [0.25, 0.3) is 5.69 Å². The summed E-state index contributed by atoms with van der Waals surface area (Å²) < 4.78 is 1.96. The monoisotopic (exact) mass is 281 g/mol. The zero-order valence-corrected chi connectivity index (χ0v) is 11.5. The molecule has 3 rings (SSSR count). The van der Waals surface area contributed by atoms with Gasteiger partial charge in [0.15, 0.2) is 0 Å². The number of nitrogens with one attached hydrogen (secondary N) is 2. The smallest absolute Gasteiger partial charge is 0.251 e. The highest BCUT2D eigenvalue weighted by Crippen LogP contribution is 2.12. The summed E-state index contributed by atoms with van der Waals surface area (Å²) in [6, 6.07) is 11.1. The van der Waals surface area contributed by atoms with Gasteiger partial charge in [-0.1, -0.05) is 6.07 Å². The number of amides is 1. The van der Waals surface area contributed by atoms with Gasteiger partial charge in [-0.25, -0.2) is 4.98 Å². The van der Waals surface area contributed by atoms with E-state index >= 15 is 0 Å². The van der Waals surface area contributed by atoms with E-state index in [0.29, 0.717) is 11.4 Å². The van der Waals surface area contributed by atoms with Gasteiger partial charge in [-0.05, 0) is 37.3 Å². The van der Waals surface area contributed by atoms with Gasteiger partial charge in [0, 0.05) is 23.6 Å². The molecule has 0 radical (unpaired) electrons. The van der Waals surface area contributed by atoms with Gasteiger partial charge in [0.05, 0.1) is 6.04 Å². The Hall–Kier alpha value is -2.89. The molecule has 1 amide bonds. The maximum absolute atomic E-state index is 12.3. The second-order valence-electron chi connectivity index (χ2n) is 4.71. The Balaban J connectivity index is 1.77. The van der Waals surface area contributed by atoms with E-state index in [1.54, 1.807) is 6.07 Å². The molecule has 1 aromatic carbocycles. The highest BCUT2D eigenvalue weighted by molar-refractivity contribution is 5.94. The van der Waals surface area contributed by atoms with Crippen molar-refractivity contribution < 1.29 is 4.79 Å². The van der Waals surface area contributed by atoms with Crippen LogP contribution in [0.1, 0.15) is 29.1 Å². The molecule has 106 valence electrons. The lowest BCUT2D eigenvalue weighted by atomic mass is 10.1. The number of aromatic amines is 1. The van der Waals surface area contributed by atoms with Gasteiger partial charge in [0.1, 0.15) is 12.2 Å². The number of hydrogen-bond acceptors (Lipinski definition) is 3. The third-order valence-electron chi connectivity index (χ3n) is 3.20. The number of nitrogens with zero attached hydrogens (tertiary/aromatic N) is 3. The van der Waals surface area contributed by atoms with Crippen LogP contribution in [0.5, 0.6) is 0 Å². The first kappa shape index (κ1) is 13.1. The summed E-state index contributed by atoms with van der Waals surface area (Å²) in [5.74, 6) is 0.484. The van der Waals surface area contributed by atoms with Crippen molar-refractivity contribution in [1.82, 2.24) is 25.1 Å². The largest absolute Gasteiger partial charge is 0.342 e. The lowest BCUT2D eigenvalue weighted by Crippen LogP contribution is -2.27. The summed E-state index contributed by atoms with van der Waals surface area (Å²) in [5.41, 5.74) is 1.55. The Morgan fingerprint density at radius 1 is 1.29 bits per heavy atom. The van der Waals surface area contributed by atoms with Gasteiger partial charge in [-0.3, -0.25) is 9.89 Å². The van der Waals surface area contributed by atoms with Crippen molar-refractivity contribution in [2.45, 2.75) is 13.0 Å². The van der Waals surface area contributed by atoms with Gasteiger partial charge < -0.3 is 9.88 Å². The maximum atomic E-state index is 12.3. The number of benzene rings is 1. The second kappa shape index (κ2) is 5.62. The minimum absolute atomic E-state index is 0.145. The summed E-state index contributed by atoms with van der Waals surface area (Å²) >= 11 is 0. The molecular formula is C15H15N5O. The van der Waals surface area contributed by atoms with Gasteiger partial charge in [0.25, 0.3) is 5.91 Å². The standard InChI is InChI=1S/C15H15N5O/c1-11(14-16-10-17-19-14)18-15(21)12-5-4-6-13(9-12)20-7-2-3-8-20/h2-11H,1H3,(H,18,21)(H,16,17,19). The van der Waals surface area contributed by atoms with Gasteiger partial charge in [-0.15, -0.1) is 0 Å². The van der Waals surface area contributed by atoms with Crippen LogP contribution >= 0.6 is 0 Å². The van der Waals surface area contributed by atoms with E-state index in [2.05, 4.69) is 20.5 Å². The molecule has 0 aliphatic carbocycles. The lowest BCUT2D eigenvalue weighted by Gasteiger charge is -2.12. The zero-order valence-electron chi connectivity index (χ0n) is 11.5. The minimum atomic E-state index is -0.227. The van der Waals surface area contributed by atoms with E-state index in [0.717, 1.165) is 5.69 Å². The molecule has 2 heterocycles. The van der Waals surface area contributed by atoms with Crippen molar-refractivity contribution >= 4 is 5.91 Å². The third-order valence-corrected chi connectivity index (χ3v) is 3.20. The first-order chi connectivity index (χ1) is 10.2. The van der Waals surface area contributed by atoms with Crippen LogP contribution in [-0.4, -0.2) is 25.7 Å². The normalized spacial score (nSPS) is 12.0. The number of rotatable bonds is 4. The Labute approximate surface area is 121 Å². The minimum Gasteiger partial charge on any atom is -0.342 e. The molecule has 0 spiro atoms. The molecule has 6 nitrogen and oxygen atoms in total. The fourth-order valence-corrected chi connectivity index (χ4v) is 2.09. The summed E-state index contributed by atoms with van der Waals surface area (Å²) in [7, 11) is 0. The fraction of sp³-hybridized carbons (Fsp3) is 0.133. The van der Waals surface area contributed by atoms with E-state index in [-0.39, 0.29) is 11.9 Å². The summed E-state index contributed by atoms with van der Waals surface area (Å²) in [5, 5.41) is 9.42. The SMILES string of the molecule is CC(NC(=O)c1cccc(-n2cccc2)c1)c1ncn[nH]1. The maximum Gasteiger partial charge on any atom is 0.251 e. The number of carbonyl (C=O) groups excluding carboxylic acids is 1. The van der Waals surface area contributed by atoms with Crippen LogP contribution in [0, 0.1) is 0 Å². The van der Waals surface area contributed by atoms with E-state index < -0.39 is 0 Å². The molecular weight excluding hydrogens is 266 g/mol. The lowest BCUT2D eigenvalue weighted by molar-refractivity contribution is 0.0938. The molecule has 21 heavy (non-hydrogen) atoms. The van der Waals surface area contributed by atoms with Crippen molar-refractivity contribution in [1.29, 1.82) is 0 Å². The predicted octanol–water partition coefficient (Wildman–Crippen LogP) is 2.09. The number of H-pyrrole nitrogens is 1. The predicted molar refractivity (Wildman–Crippen MR) is 78.0 cm³/mol. The molecule has 2 aromatic heterocycles. The number of hydrogen-bond donors (Lipinski definition) is 2. The topological polar surface area (TPSA) is 75.6 Å². The third kappa shape index (κ3) is 2.84. The highest BCUT2D eigenvalue weighted by Gasteiger charge is 2.13. The fourth-order valence-electron chi connectivity index (χ4n) is 2.09. The molecule has 0 saturated carbocycles. The summed E-state index contributed by atoms with van der Waals surface area (Å²) in [4.78, 5) is 16.3. The molecule has 6 heteroatoms. The molecule has 0 saturated heterocycles.